The topological polar surface area (TPSA) is 59.7 Å². The van der Waals surface area contributed by atoms with E-state index in [1.807, 2.05) is 55.6 Å². The molecule has 9 aromatic rings. The minimum Gasteiger partial charge on any atom is -0.383 e. The van der Waals surface area contributed by atoms with Gasteiger partial charge in [0.2, 0.25) is 0 Å². The normalized spacial score (nSPS) is 11.5. The number of hydrogen-bond acceptors (Lipinski definition) is 4. The van der Waals surface area contributed by atoms with Gasteiger partial charge in [-0.3, -0.25) is 10.1 Å². The van der Waals surface area contributed by atoms with Gasteiger partial charge in [-0.2, -0.15) is 0 Å². The van der Waals surface area contributed by atoms with E-state index in [-0.39, 0.29) is 0 Å². The van der Waals surface area contributed by atoms with Gasteiger partial charge in [0.25, 0.3) is 0 Å². The van der Waals surface area contributed by atoms with Gasteiger partial charge in [0.15, 0.2) is 11.6 Å². The van der Waals surface area contributed by atoms with Gasteiger partial charge in [-0.05, 0) is 36.4 Å². The largest absolute Gasteiger partial charge is 0.383 e. The van der Waals surface area contributed by atoms with Crippen molar-refractivity contribution >= 4 is 55.1 Å². The average Bonchev–Trinajstić information content (AvgIpc) is 3.63. The first kappa shape index (κ1) is 27.0. The zero-order chi connectivity index (χ0) is 31.3. The number of aromatic nitrogens is 4. The van der Waals surface area contributed by atoms with Gasteiger partial charge in [-0.25, -0.2) is 9.97 Å². The van der Waals surface area contributed by atoms with Crippen molar-refractivity contribution in [2.75, 3.05) is 17.8 Å². The first-order valence-corrected chi connectivity index (χ1v) is 15.8. The van der Waals surface area contributed by atoms with Crippen molar-refractivity contribution < 1.29 is 0 Å². The maximum absolute atomic E-state index is 5.14. The summed E-state index contributed by atoms with van der Waals surface area (Å²) >= 11 is 0. The van der Waals surface area contributed by atoms with E-state index in [0.717, 1.165) is 44.7 Å². The molecule has 9 rings (SSSR count). The second-order valence-electron chi connectivity index (χ2n) is 11.6. The fourth-order valence-electron chi connectivity index (χ4n) is 6.81. The molecule has 0 amide bonds. The Kier molecular flexibility index (Phi) is 6.25. The molecule has 6 heteroatoms. The van der Waals surface area contributed by atoms with Gasteiger partial charge in [0.05, 0.1) is 27.8 Å². The van der Waals surface area contributed by atoms with E-state index < -0.39 is 0 Å². The molecule has 0 bridgehead atoms. The van der Waals surface area contributed by atoms with Crippen LogP contribution in [0.4, 0.5) is 11.5 Å². The number of fused-ring (bicyclic) bond motifs is 6. The van der Waals surface area contributed by atoms with E-state index in [1.54, 1.807) is 0 Å². The Balaban J connectivity index is 1.34. The van der Waals surface area contributed by atoms with E-state index in [4.69, 9.17) is 9.97 Å². The van der Waals surface area contributed by atoms with E-state index in [2.05, 4.69) is 123 Å². The Bertz CT molecular complexity index is 2570. The Morgan fingerprint density at radius 3 is 1.77 bits per heavy atom. The van der Waals surface area contributed by atoms with Gasteiger partial charge in [-0.15, -0.1) is 0 Å². The molecule has 6 aromatic carbocycles. The summed E-state index contributed by atoms with van der Waals surface area (Å²) in [7, 11) is 1.92. The number of anilines is 2. The van der Waals surface area contributed by atoms with Gasteiger partial charge < -0.3 is 9.88 Å². The molecule has 0 aliphatic heterocycles. The summed E-state index contributed by atoms with van der Waals surface area (Å²) < 4.78 is 4.53. The molecule has 3 heterocycles. The summed E-state index contributed by atoms with van der Waals surface area (Å²) in [6.07, 6.45) is 0. The first-order valence-electron chi connectivity index (χ1n) is 15.8. The maximum atomic E-state index is 5.14. The summed E-state index contributed by atoms with van der Waals surface area (Å²) in [6, 6.07) is 52.8. The molecule has 6 nitrogen and oxygen atoms in total. The Hall–Kier alpha value is -6.40. The number of para-hydroxylation sites is 3. The predicted octanol–water partition coefficient (Wildman–Crippen LogP) is 9.93. The van der Waals surface area contributed by atoms with Crippen LogP contribution in [0.5, 0.6) is 0 Å². The molecule has 0 saturated heterocycles. The molecule has 0 saturated carbocycles. The van der Waals surface area contributed by atoms with Crippen molar-refractivity contribution in [2.24, 2.45) is 0 Å². The highest BCUT2D eigenvalue weighted by atomic mass is 15.4. The molecule has 224 valence electrons. The summed E-state index contributed by atoms with van der Waals surface area (Å²) in [6.45, 7) is 0. The molecule has 0 aliphatic rings. The molecular weight excluding hydrogens is 576 g/mol. The number of benzene rings is 6. The lowest BCUT2D eigenvalue weighted by atomic mass is 10.1. The SMILES string of the molecule is CNc1c(Nn2c3ccccc3c3cc4c5ccccc5n(-c5ccccc5)c4cc32)nc(-c2ccccc2)nc1-c1ccccc1. The third-order valence-electron chi connectivity index (χ3n) is 8.94. The highest BCUT2D eigenvalue weighted by molar-refractivity contribution is 6.18. The highest BCUT2D eigenvalue weighted by Crippen LogP contribution is 2.40. The van der Waals surface area contributed by atoms with E-state index >= 15 is 0 Å². The first-order chi connectivity index (χ1) is 23.3. The lowest BCUT2D eigenvalue weighted by molar-refractivity contribution is 1.02. The quantitative estimate of drug-likeness (QED) is 0.198. The third-order valence-corrected chi connectivity index (χ3v) is 8.94. The fraction of sp³-hybridized carbons (Fsp3) is 0.0244. The van der Waals surface area contributed by atoms with E-state index in [9.17, 15) is 0 Å². The monoisotopic (exact) mass is 606 g/mol. The van der Waals surface area contributed by atoms with Crippen molar-refractivity contribution in [3.8, 4) is 28.3 Å². The van der Waals surface area contributed by atoms with Crippen LogP contribution in [-0.4, -0.2) is 26.3 Å². The maximum Gasteiger partial charge on any atom is 0.173 e. The molecule has 0 fully saturated rings. The summed E-state index contributed by atoms with van der Waals surface area (Å²) in [4.78, 5) is 10.2. The van der Waals surface area contributed by atoms with Crippen molar-refractivity contribution in [1.82, 2.24) is 19.2 Å². The van der Waals surface area contributed by atoms with Gasteiger partial charge >= 0.3 is 0 Å². The van der Waals surface area contributed by atoms with Crippen LogP contribution in [-0.2, 0) is 0 Å². The van der Waals surface area contributed by atoms with Gasteiger partial charge in [0, 0.05) is 45.4 Å². The molecule has 0 unspecified atom stereocenters. The smallest absolute Gasteiger partial charge is 0.173 e. The second kappa shape index (κ2) is 10.9. The van der Waals surface area contributed by atoms with Crippen LogP contribution in [0.2, 0.25) is 0 Å². The van der Waals surface area contributed by atoms with Crippen LogP contribution in [0.25, 0.3) is 71.9 Å². The number of nitrogens with one attached hydrogen (secondary N) is 2. The summed E-state index contributed by atoms with van der Waals surface area (Å²) in [5.74, 6) is 1.34. The number of rotatable bonds is 6. The predicted molar refractivity (Wildman–Crippen MR) is 195 cm³/mol. The standard InChI is InChI=1S/C41H30N6/c1-42-39-38(27-15-5-2-6-16-27)43-40(28-17-7-3-8-18-28)44-41(39)45-47-35-24-14-12-22-31(35)33-25-32-30-21-11-13-23-34(30)46(36(32)26-37(33)47)29-19-9-4-10-20-29/h2-26,42H,1H3,(H,43,44,45). The fourth-order valence-corrected chi connectivity index (χ4v) is 6.81. The Morgan fingerprint density at radius 2 is 1.06 bits per heavy atom. The van der Waals surface area contributed by atoms with E-state index in [1.165, 1.54) is 27.1 Å². The van der Waals surface area contributed by atoms with Crippen LogP contribution in [0, 0.1) is 0 Å². The lowest BCUT2D eigenvalue weighted by Crippen LogP contribution is -2.14. The second-order valence-corrected chi connectivity index (χ2v) is 11.6. The molecule has 0 aliphatic carbocycles. The molecular formula is C41H30N6. The van der Waals surface area contributed by atoms with E-state index in [0.29, 0.717) is 11.6 Å². The third kappa shape index (κ3) is 4.34. The zero-order valence-corrected chi connectivity index (χ0v) is 25.7. The van der Waals surface area contributed by atoms with Crippen molar-refractivity contribution in [2.45, 2.75) is 0 Å². The van der Waals surface area contributed by atoms with Crippen LogP contribution < -0.4 is 10.7 Å². The van der Waals surface area contributed by atoms with Crippen molar-refractivity contribution in [1.29, 1.82) is 0 Å². The minimum atomic E-state index is 0.651. The van der Waals surface area contributed by atoms with Gasteiger partial charge in [-0.1, -0.05) is 115 Å². The molecule has 0 atom stereocenters. The minimum absolute atomic E-state index is 0.651. The van der Waals surface area contributed by atoms with Crippen LogP contribution in [0.15, 0.2) is 152 Å². The lowest BCUT2D eigenvalue weighted by Gasteiger charge is -2.18. The summed E-state index contributed by atoms with van der Waals surface area (Å²) in [5, 5.41) is 8.21. The molecule has 3 aromatic heterocycles. The summed E-state index contributed by atoms with van der Waals surface area (Å²) in [5.41, 5.74) is 12.9. The molecule has 47 heavy (non-hydrogen) atoms. The Morgan fingerprint density at radius 1 is 0.489 bits per heavy atom. The molecule has 0 spiro atoms. The van der Waals surface area contributed by atoms with Crippen molar-refractivity contribution in [3.63, 3.8) is 0 Å². The average molecular weight is 607 g/mol. The van der Waals surface area contributed by atoms with Crippen molar-refractivity contribution in [3.05, 3.63) is 152 Å². The number of nitrogens with zero attached hydrogens (tertiary/aromatic N) is 4. The van der Waals surface area contributed by atoms with Crippen LogP contribution in [0.3, 0.4) is 0 Å². The number of hydrogen-bond donors (Lipinski definition) is 2. The van der Waals surface area contributed by atoms with Gasteiger partial charge in [0.1, 0.15) is 5.69 Å². The highest BCUT2D eigenvalue weighted by Gasteiger charge is 2.21. The molecule has 0 radical (unpaired) electrons. The zero-order valence-electron chi connectivity index (χ0n) is 25.7. The molecule has 2 N–H and O–H groups in total. The Labute approximate surface area is 271 Å². The van der Waals surface area contributed by atoms with Crippen LogP contribution in [0.1, 0.15) is 0 Å². The van der Waals surface area contributed by atoms with Crippen LogP contribution >= 0.6 is 0 Å².